The summed E-state index contributed by atoms with van der Waals surface area (Å²) in [5.41, 5.74) is 23.2. The summed E-state index contributed by atoms with van der Waals surface area (Å²) in [7, 11) is 9.37. The number of nitrogens with zero attached hydrogens (tertiary/aromatic N) is 17. The molecule has 1 fully saturated rings. The Morgan fingerprint density at radius 2 is 0.894 bits per heavy atom. The number of carbonyl (C=O) groups excluding carboxylic acids is 1. The Bertz CT molecular complexity index is 6840. The highest BCUT2D eigenvalue weighted by molar-refractivity contribution is 5.89. The predicted molar refractivity (Wildman–Crippen MR) is 559 cm³/mol. The van der Waals surface area contributed by atoms with Gasteiger partial charge >= 0.3 is 0 Å². The van der Waals surface area contributed by atoms with E-state index in [2.05, 4.69) is 169 Å². The summed E-state index contributed by atoms with van der Waals surface area (Å²) in [6.45, 7) is 11.5. The zero-order valence-corrected chi connectivity index (χ0v) is 80.0. The Balaban J connectivity index is 0.000000165. The summed E-state index contributed by atoms with van der Waals surface area (Å²) in [5, 5.41) is 46.1. The number of aromatic hydroxyl groups is 1. The van der Waals surface area contributed by atoms with Gasteiger partial charge in [0.05, 0.1) is 175 Å². The SMILES string of the molecule is CC(=O)Nc1cccc(-c2cncc(N[C@H](C)c3ccccc3)n2)c1.COc1cc(-c2cncc(NCCO)n2)cc(OC)c1OC.COc1cc(-c2cncc(Nc3ccc(C#N)cc3)n2)cc(OC)c1OC.C[C@@H](Nc1cncc(-c2cccc(N)c2)n1)c1ccccc1.Oc1ccc(-c2cncc(N3CCN(Cc4ccccn4)CC3)n2)cc1.[HH].[HH].c1ccc(CNc2cncc(-c3cccnc3)n2)cc1. The van der Waals surface area contributed by atoms with E-state index in [1.54, 1.807) is 160 Å². The third-order valence-electron chi connectivity index (χ3n) is 21.7. The van der Waals surface area contributed by atoms with E-state index in [0.717, 1.165) is 136 Å². The molecule has 9 aromatic carbocycles. The molecule has 1 aliphatic rings. The van der Waals surface area contributed by atoms with Crippen LogP contribution < -0.4 is 71.0 Å². The number of hydrogen-bond donors (Lipinski definition) is 9. The number of nitrogen functional groups attached to an aromatic ring is 1. The lowest BCUT2D eigenvalue weighted by Crippen LogP contribution is -2.46. The number of nitrogens with one attached hydrogen (secondary N) is 6. The minimum atomic E-state index is -0.102. The zero-order chi connectivity index (χ0) is 99.6. The Morgan fingerprint density at radius 1 is 0.430 bits per heavy atom. The lowest BCUT2D eigenvalue weighted by Gasteiger charge is -2.35. The summed E-state index contributed by atoms with van der Waals surface area (Å²) in [6, 6.07) is 79.5. The van der Waals surface area contributed by atoms with Crippen molar-refractivity contribution < 1.29 is 46.3 Å². The molecule has 0 spiro atoms. The van der Waals surface area contributed by atoms with Crippen LogP contribution in [0, 0.1) is 11.3 Å². The summed E-state index contributed by atoms with van der Waals surface area (Å²) in [6.07, 6.45) is 25.8. The summed E-state index contributed by atoms with van der Waals surface area (Å²) >= 11 is 0. The number of phenolic OH excluding ortho intramolecular Hbond substituents is 1. The molecule has 9 heterocycles. The van der Waals surface area contributed by atoms with Gasteiger partial charge < -0.3 is 81.2 Å². The fourth-order valence-electron chi connectivity index (χ4n) is 14.5. The fraction of sp³-hybridized carbons (Fsp3) is 0.174. The molecule has 1 amide bonds. The van der Waals surface area contributed by atoms with Crippen molar-refractivity contribution in [3.63, 3.8) is 0 Å². The van der Waals surface area contributed by atoms with Crippen LogP contribution in [0.2, 0.25) is 0 Å². The van der Waals surface area contributed by atoms with Gasteiger partial charge in [0.2, 0.25) is 17.4 Å². The molecule has 0 unspecified atom stereocenters. The van der Waals surface area contributed by atoms with Crippen molar-refractivity contribution in [2.24, 2.45) is 0 Å². The highest BCUT2D eigenvalue weighted by atomic mass is 16.5. The van der Waals surface area contributed by atoms with Gasteiger partial charge in [-0.2, -0.15) is 5.26 Å². The lowest BCUT2D eigenvalue weighted by molar-refractivity contribution is -0.114. The van der Waals surface area contributed by atoms with Crippen LogP contribution in [0.1, 0.15) is 63.7 Å². The van der Waals surface area contributed by atoms with Crippen LogP contribution in [0.5, 0.6) is 40.2 Å². The van der Waals surface area contributed by atoms with Gasteiger partial charge in [-0.25, -0.2) is 29.9 Å². The third-order valence-corrected chi connectivity index (χ3v) is 21.7. The number of amides is 1. The number of methoxy groups -OCH3 is 6. The average molecular weight is 1900 g/mol. The first-order valence-corrected chi connectivity index (χ1v) is 45.3. The molecule has 33 nitrogen and oxygen atoms in total. The molecule has 1 aliphatic heterocycles. The van der Waals surface area contributed by atoms with Crippen molar-refractivity contribution in [2.45, 2.75) is 45.9 Å². The molecule has 0 radical (unpaired) electrons. The van der Waals surface area contributed by atoms with E-state index < -0.39 is 0 Å². The number of piperazine rings is 1. The van der Waals surface area contributed by atoms with Gasteiger partial charge in [0, 0.05) is 137 Å². The van der Waals surface area contributed by atoms with E-state index in [9.17, 15) is 9.90 Å². The molecule has 10 N–H and O–H groups in total. The monoisotopic (exact) mass is 1900 g/mol. The van der Waals surface area contributed by atoms with Gasteiger partial charge in [0.25, 0.3) is 0 Å². The molecule has 18 rings (SSSR count). The average Bonchev–Trinajstić information content (AvgIpc) is 0.807. The molecule has 724 valence electrons. The summed E-state index contributed by atoms with van der Waals surface area (Å²) in [4.78, 5) is 77.6. The second-order valence-corrected chi connectivity index (χ2v) is 31.7. The molecule has 0 aliphatic carbocycles. The van der Waals surface area contributed by atoms with E-state index in [-0.39, 0.29) is 33.2 Å². The Kier molecular flexibility index (Phi) is 37.7. The van der Waals surface area contributed by atoms with E-state index in [1.165, 1.54) is 23.6 Å². The second kappa shape index (κ2) is 52.8. The van der Waals surface area contributed by atoms with Crippen molar-refractivity contribution >= 4 is 57.9 Å². The second-order valence-electron chi connectivity index (χ2n) is 31.7. The fourth-order valence-corrected chi connectivity index (χ4v) is 14.5. The zero-order valence-electron chi connectivity index (χ0n) is 80.0. The maximum atomic E-state index is 11.2. The quantitative estimate of drug-likeness (QED) is 0.0189. The largest absolute Gasteiger partial charge is 0.508 e. The van der Waals surface area contributed by atoms with Crippen LogP contribution in [0.25, 0.3) is 67.5 Å². The Labute approximate surface area is 827 Å². The molecule has 17 aromatic rings. The molecule has 2 atom stereocenters. The summed E-state index contributed by atoms with van der Waals surface area (Å²) < 4.78 is 32.1. The number of nitrogens with two attached hydrogens (primary N) is 1. The number of anilines is 9. The highest BCUT2D eigenvalue weighted by Crippen LogP contribution is 2.43. The van der Waals surface area contributed by atoms with Crippen LogP contribution in [-0.4, -0.2) is 173 Å². The first-order chi connectivity index (χ1) is 69.4. The first-order valence-electron chi connectivity index (χ1n) is 45.3. The van der Waals surface area contributed by atoms with Crippen molar-refractivity contribution in [3.8, 4) is 114 Å². The molecular formula is C109H114N24O9. The smallest absolute Gasteiger partial charge is 0.221 e. The van der Waals surface area contributed by atoms with Gasteiger partial charge in [-0.1, -0.05) is 121 Å². The molecular weight excluding hydrogens is 1790 g/mol. The van der Waals surface area contributed by atoms with Gasteiger partial charge in [-0.05, 0) is 152 Å². The normalized spacial score (nSPS) is 11.6. The van der Waals surface area contributed by atoms with Crippen LogP contribution in [0.15, 0.2) is 336 Å². The molecule has 1 saturated heterocycles. The molecule has 33 heteroatoms. The minimum absolute atomic E-state index is 0. The molecule has 0 bridgehead atoms. The van der Waals surface area contributed by atoms with Crippen LogP contribution in [0.3, 0.4) is 0 Å². The Hall–Kier alpha value is -18.2. The van der Waals surface area contributed by atoms with E-state index in [4.69, 9.17) is 49.5 Å². The number of benzene rings is 9. The number of aliphatic hydroxyl groups excluding tert-OH is 1. The van der Waals surface area contributed by atoms with E-state index >= 15 is 0 Å². The first kappa shape index (κ1) is 101. The number of aliphatic hydroxyl groups is 1. The molecule has 142 heavy (non-hydrogen) atoms. The van der Waals surface area contributed by atoms with Gasteiger partial charge in [0.15, 0.2) is 23.0 Å². The topological polar surface area (TPSA) is 422 Å². The number of carbonyl (C=O) groups is 1. The van der Waals surface area contributed by atoms with Gasteiger partial charge in [-0.15, -0.1) is 0 Å². The van der Waals surface area contributed by atoms with Crippen molar-refractivity contribution in [1.29, 1.82) is 5.26 Å². The van der Waals surface area contributed by atoms with Gasteiger partial charge in [-0.3, -0.25) is 49.6 Å². The molecule has 8 aromatic heterocycles. The van der Waals surface area contributed by atoms with Crippen molar-refractivity contribution in [3.05, 3.63) is 364 Å². The number of ether oxygens (including phenoxy) is 6. The van der Waals surface area contributed by atoms with Crippen LogP contribution in [0.4, 0.5) is 52.0 Å². The van der Waals surface area contributed by atoms with Crippen molar-refractivity contribution in [2.75, 3.05) is 125 Å². The van der Waals surface area contributed by atoms with Gasteiger partial charge in [0.1, 0.15) is 40.7 Å². The standard InChI is InChI=1S/C20H21N5O.C20H18N4O3.C20H20N4O.C18H18N4.C16H14N4.C15H19N3O4.2H2/c26-18-6-4-16(5-7-18)19-13-21-14-20(23-19)25-11-9-24(10-12-25)15-17-3-1-2-8-22-17;1-25-17-8-14(9-18(26-2)20(17)27-3)16-11-22-12-19(24-16)23-15-6-4-13(10-21)5-7-15;1-14(16-7-4-3-5-8-16)22-20-13-21-12-19(24-20)17-9-6-10-18(11-17)23-15(2)25;1-13(14-6-3-2-4-7-14)21-18-12-20-11-17(22-18)15-8-5-9-16(19)10-15;1-2-5-13(6-3-1)9-19-16-12-18-11-15(20-16)14-7-4-8-17-10-14;1-20-12-6-10(7-13(21-2)15(12)22-3)11-8-16-9-14(18-11)17-4-5-19;;/h1-8,13-14,26H,9-12,15H2;4-9,11-12H,1-3H3,(H,23,24);3-14H,1-2H3,(H,22,24)(H,23,25);2-13H,19H2,1H3,(H,21,22);1-8,10-12H,9H2,(H,19,20);6-9,19H,4-5H2,1-3H3,(H,17,18);2*1H/t;;14-;13-;;;;/m..11..../s1. The number of nitriles is 1. The van der Waals surface area contributed by atoms with Crippen LogP contribution in [-0.2, 0) is 17.9 Å². The molecule has 0 saturated carbocycles. The number of hydrogen-bond acceptors (Lipinski definition) is 32. The van der Waals surface area contributed by atoms with E-state index in [0.29, 0.717) is 75.4 Å². The highest BCUT2D eigenvalue weighted by Gasteiger charge is 2.22. The third kappa shape index (κ3) is 30.2. The number of phenols is 1. The van der Waals surface area contributed by atoms with E-state index in [1.807, 2.05) is 176 Å². The van der Waals surface area contributed by atoms with Crippen LogP contribution >= 0.6 is 0 Å². The number of pyridine rings is 2. The minimum Gasteiger partial charge on any atom is -0.508 e. The maximum absolute atomic E-state index is 11.2. The lowest BCUT2D eigenvalue weighted by atomic mass is 10.1. The summed E-state index contributed by atoms with van der Waals surface area (Å²) in [5.74, 6) is 7.64. The van der Waals surface area contributed by atoms with Crippen molar-refractivity contribution in [1.82, 2.24) is 74.7 Å². The number of rotatable bonds is 30. The predicted octanol–water partition coefficient (Wildman–Crippen LogP) is 19.7. The maximum Gasteiger partial charge on any atom is 0.221 e. The number of aromatic nitrogens is 14. The Morgan fingerprint density at radius 3 is 1.39 bits per heavy atom.